The Bertz CT molecular complexity index is 667. The lowest BCUT2D eigenvalue weighted by molar-refractivity contribution is -0.137. The highest BCUT2D eigenvalue weighted by atomic mass is 16.5. The van der Waals surface area contributed by atoms with Crippen molar-refractivity contribution in [2.45, 2.75) is 84.6 Å². The van der Waals surface area contributed by atoms with Gasteiger partial charge in [-0.2, -0.15) is 0 Å². The van der Waals surface area contributed by atoms with Crippen molar-refractivity contribution in [3.05, 3.63) is 29.8 Å². The van der Waals surface area contributed by atoms with Gasteiger partial charge in [0, 0.05) is 31.5 Å². The molecular formula is C25H40N2O3. The van der Waals surface area contributed by atoms with Crippen LogP contribution in [0.15, 0.2) is 24.3 Å². The Hall–Kier alpha value is -2.04. The molecule has 1 aromatic rings. The van der Waals surface area contributed by atoms with Gasteiger partial charge >= 0.3 is 0 Å². The molecule has 2 rings (SSSR count). The first-order valence-corrected chi connectivity index (χ1v) is 11.6. The van der Waals surface area contributed by atoms with Crippen molar-refractivity contribution in [3.8, 4) is 5.75 Å². The number of carbonyl (C=O) groups excluding carboxylic acids is 2. The highest BCUT2D eigenvalue weighted by Gasteiger charge is 2.27. The van der Waals surface area contributed by atoms with Gasteiger partial charge in [0.05, 0.1) is 6.61 Å². The van der Waals surface area contributed by atoms with Crippen LogP contribution in [0.25, 0.3) is 0 Å². The maximum absolute atomic E-state index is 12.5. The summed E-state index contributed by atoms with van der Waals surface area (Å²) in [5, 5.41) is 3.13. The van der Waals surface area contributed by atoms with Crippen LogP contribution < -0.4 is 10.1 Å². The van der Waals surface area contributed by atoms with Crippen molar-refractivity contribution in [3.63, 3.8) is 0 Å². The number of likely N-dealkylation sites (tertiary alicyclic amines) is 1. The van der Waals surface area contributed by atoms with E-state index < -0.39 is 0 Å². The molecule has 1 aliphatic rings. The maximum Gasteiger partial charge on any atom is 0.225 e. The van der Waals surface area contributed by atoms with Crippen LogP contribution in [0, 0.1) is 5.92 Å². The Kier molecular flexibility index (Phi) is 9.19. The topological polar surface area (TPSA) is 58.6 Å². The van der Waals surface area contributed by atoms with Gasteiger partial charge in [-0.15, -0.1) is 0 Å². The summed E-state index contributed by atoms with van der Waals surface area (Å²) in [5.41, 5.74) is 1.41. The summed E-state index contributed by atoms with van der Waals surface area (Å²) in [6.07, 6.45) is 4.64. The van der Waals surface area contributed by atoms with E-state index in [0.29, 0.717) is 19.4 Å². The molecule has 0 saturated carbocycles. The van der Waals surface area contributed by atoms with Crippen LogP contribution in [-0.4, -0.2) is 42.5 Å². The minimum Gasteiger partial charge on any atom is -0.494 e. The van der Waals surface area contributed by atoms with Gasteiger partial charge in [-0.05, 0) is 55.2 Å². The Morgan fingerprint density at radius 3 is 2.23 bits per heavy atom. The second-order valence-corrected chi connectivity index (χ2v) is 9.41. The maximum atomic E-state index is 12.5. The third-order valence-electron chi connectivity index (χ3n) is 6.04. The lowest BCUT2D eigenvalue weighted by Gasteiger charge is -2.34. The summed E-state index contributed by atoms with van der Waals surface area (Å²) in [6, 6.07) is 8.37. The lowest BCUT2D eigenvalue weighted by atomic mass is 9.87. The number of hydrogen-bond acceptors (Lipinski definition) is 3. The number of nitrogens with zero attached hydrogens (tertiary/aromatic N) is 1. The van der Waals surface area contributed by atoms with Gasteiger partial charge in [0.2, 0.25) is 11.8 Å². The van der Waals surface area contributed by atoms with E-state index in [1.54, 1.807) is 0 Å². The zero-order chi connectivity index (χ0) is 22.1. The van der Waals surface area contributed by atoms with Crippen molar-refractivity contribution in [1.82, 2.24) is 10.2 Å². The van der Waals surface area contributed by atoms with Gasteiger partial charge in [-0.25, -0.2) is 0 Å². The number of benzene rings is 1. The molecule has 0 aromatic heterocycles. The van der Waals surface area contributed by atoms with Crippen LogP contribution in [0.5, 0.6) is 5.75 Å². The van der Waals surface area contributed by atoms with E-state index in [9.17, 15) is 9.59 Å². The fourth-order valence-electron chi connectivity index (χ4n) is 3.91. The zero-order valence-corrected chi connectivity index (χ0v) is 19.5. The Morgan fingerprint density at radius 1 is 1.10 bits per heavy atom. The SMILES string of the molecule is CCC(CC)C(=O)N1CCC(NC(=O)CCCOc2ccc(C(C)(C)C)cc2)CC1. The lowest BCUT2D eigenvalue weighted by Crippen LogP contribution is -2.48. The average molecular weight is 417 g/mol. The summed E-state index contributed by atoms with van der Waals surface area (Å²) < 4.78 is 5.77. The van der Waals surface area contributed by atoms with Crippen LogP contribution in [0.4, 0.5) is 0 Å². The molecular weight excluding hydrogens is 376 g/mol. The molecule has 1 fully saturated rings. The molecule has 0 spiro atoms. The van der Waals surface area contributed by atoms with Crippen molar-refractivity contribution in [2.75, 3.05) is 19.7 Å². The molecule has 1 aliphatic heterocycles. The van der Waals surface area contributed by atoms with Gasteiger partial charge in [-0.3, -0.25) is 9.59 Å². The third-order valence-corrected chi connectivity index (χ3v) is 6.04. The largest absolute Gasteiger partial charge is 0.494 e. The fourth-order valence-corrected chi connectivity index (χ4v) is 3.91. The normalized spacial score (nSPS) is 15.3. The summed E-state index contributed by atoms with van der Waals surface area (Å²) in [7, 11) is 0. The Morgan fingerprint density at radius 2 is 1.70 bits per heavy atom. The van der Waals surface area contributed by atoms with Crippen molar-refractivity contribution in [1.29, 1.82) is 0 Å². The molecule has 0 unspecified atom stereocenters. The number of carbonyl (C=O) groups is 2. The molecule has 0 radical (unpaired) electrons. The highest BCUT2D eigenvalue weighted by molar-refractivity contribution is 5.79. The van der Waals surface area contributed by atoms with E-state index in [4.69, 9.17) is 4.74 Å². The third kappa shape index (κ3) is 7.33. The molecule has 1 saturated heterocycles. The van der Waals surface area contributed by atoms with Gasteiger partial charge in [0.1, 0.15) is 5.75 Å². The fraction of sp³-hybridized carbons (Fsp3) is 0.680. The van der Waals surface area contributed by atoms with Crippen LogP contribution >= 0.6 is 0 Å². The van der Waals surface area contributed by atoms with E-state index in [1.165, 1.54) is 5.56 Å². The first kappa shape index (κ1) is 24.2. The van der Waals surface area contributed by atoms with E-state index >= 15 is 0 Å². The summed E-state index contributed by atoms with van der Waals surface area (Å²) in [6.45, 7) is 12.7. The minimum atomic E-state index is 0.0754. The number of ether oxygens (including phenoxy) is 1. The van der Waals surface area contributed by atoms with Crippen LogP contribution in [-0.2, 0) is 15.0 Å². The molecule has 0 aliphatic carbocycles. The van der Waals surface area contributed by atoms with Crippen LogP contribution in [0.2, 0.25) is 0 Å². The minimum absolute atomic E-state index is 0.0754. The highest BCUT2D eigenvalue weighted by Crippen LogP contribution is 2.24. The van der Waals surface area contributed by atoms with E-state index in [2.05, 4.69) is 52.1 Å². The second kappa shape index (κ2) is 11.4. The predicted molar refractivity (Wildman–Crippen MR) is 122 cm³/mol. The molecule has 168 valence electrons. The van der Waals surface area contributed by atoms with E-state index in [-0.39, 0.29) is 29.2 Å². The summed E-state index contributed by atoms with van der Waals surface area (Å²) >= 11 is 0. The number of hydrogen-bond donors (Lipinski definition) is 1. The monoisotopic (exact) mass is 416 g/mol. The van der Waals surface area contributed by atoms with Gasteiger partial charge in [0.15, 0.2) is 0 Å². The van der Waals surface area contributed by atoms with Crippen LogP contribution in [0.3, 0.4) is 0 Å². The average Bonchev–Trinajstić information content (AvgIpc) is 2.72. The smallest absolute Gasteiger partial charge is 0.225 e. The number of piperidine rings is 1. The van der Waals surface area contributed by atoms with Crippen molar-refractivity contribution < 1.29 is 14.3 Å². The quantitative estimate of drug-likeness (QED) is 0.594. The zero-order valence-electron chi connectivity index (χ0n) is 19.5. The molecule has 5 nitrogen and oxygen atoms in total. The Labute approximate surface area is 182 Å². The van der Waals surface area contributed by atoms with Crippen molar-refractivity contribution in [2.24, 2.45) is 5.92 Å². The van der Waals surface area contributed by atoms with E-state index in [0.717, 1.165) is 44.5 Å². The number of nitrogens with one attached hydrogen (secondary N) is 1. The standard InChI is InChI=1S/C25H40N2O3/c1-6-19(7-2)24(29)27-16-14-21(15-17-27)26-23(28)9-8-18-30-22-12-10-20(11-13-22)25(3,4)5/h10-13,19,21H,6-9,14-18H2,1-5H3,(H,26,28). The van der Waals surface area contributed by atoms with Crippen LogP contribution in [0.1, 0.15) is 78.7 Å². The first-order chi connectivity index (χ1) is 14.2. The molecule has 2 amide bonds. The molecule has 30 heavy (non-hydrogen) atoms. The van der Waals surface area contributed by atoms with E-state index in [1.807, 2.05) is 17.0 Å². The van der Waals surface area contributed by atoms with Crippen molar-refractivity contribution >= 4 is 11.8 Å². The molecule has 1 N–H and O–H groups in total. The predicted octanol–water partition coefficient (Wildman–Crippen LogP) is 4.69. The van der Waals surface area contributed by atoms with Gasteiger partial charge in [-0.1, -0.05) is 46.8 Å². The number of rotatable bonds is 9. The Balaban J connectivity index is 1.63. The molecule has 0 atom stereocenters. The summed E-state index contributed by atoms with van der Waals surface area (Å²) in [5.74, 6) is 1.34. The molecule has 0 bridgehead atoms. The molecule has 5 heteroatoms. The summed E-state index contributed by atoms with van der Waals surface area (Å²) in [4.78, 5) is 26.7. The van der Waals surface area contributed by atoms with Gasteiger partial charge < -0.3 is 15.0 Å². The molecule has 1 aromatic carbocycles. The number of amides is 2. The van der Waals surface area contributed by atoms with Gasteiger partial charge in [0.25, 0.3) is 0 Å². The molecule has 1 heterocycles. The second-order valence-electron chi connectivity index (χ2n) is 9.41. The first-order valence-electron chi connectivity index (χ1n) is 11.6.